The molecular formula is C25H29N3O3. The number of aryl methyl sites for hydroxylation is 1. The summed E-state index contributed by atoms with van der Waals surface area (Å²) >= 11 is 0. The minimum atomic E-state index is -0.144. The van der Waals surface area contributed by atoms with Gasteiger partial charge in [0.15, 0.2) is 0 Å². The van der Waals surface area contributed by atoms with E-state index in [1.165, 1.54) is 19.3 Å². The van der Waals surface area contributed by atoms with Crippen LogP contribution in [0.15, 0.2) is 35.3 Å². The topological polar surface area (TPSA) is 71.4 Å². The van der Waals surface area contributed by atoms with Crippen LogP contribution in [0.3, 0.4) is 0 Å². The van der Waals surface area contributed by atoms with Crippen LogP contribution in [-0.4, -0.2) is 34.4 Å². The summed E-state index contributed by atoms with van der Waals surface area (Å²) in [5.41, 5.74) is 0.567. The fourth-order valence-electron chi connectivity index (χ4n) is 7.11. The zero-order valence-corrected chi connectivity index (χ0v) is 17.8. The van der Waals surface area contributed by atoms with Crippen molar-refractivity contribution in [1.29, 1.82) is 0 Å². The fourth-order valence-corrected chi connectivity index (χ4v) is 7.11. The van der Waals surface area contributed by atoms with Gasteiger partial charge in [-0.1, -0.05) is 6.07 Å². The molecule has 6 nitrogen and oxygen atoms in total. The van der Waals surface area contributed by atoms with Crippen LogP contribution in [0.5, 0.6) is 0 Å². The SMILES string of the molecule is O=C1CCCN1CCCn1ccc2c(NC(=O)C34CC5C[C@H]3C[C@@H]4C5)cccc2c1=O. The Kier molecular flexibility index (Phi) is 4.27. The summed E-state index contributed by atoms with van der Waals surface area (Å²) in [6.07, 6.45) is 8.86. The molecule has 2 bridgehead atoms. The summed E-state index contributed by atoms with van der Waals surface area (Å²) < 4.78 is 1.72. The number of carbonyl (C=O) groups excluding carboxylic acids is 2. The molecule has 6 heteroatoms. The Morgan fingerprint density at radius 2 is 1.90 bits per heavy atom. The molecule has 162 valence electrons. The fraction of sp³-hybridized carbons (Fsp3) is 0.560. The molecule has 2 heterocycles. The lowest BCUT2D eigenvalue weighted by atomic mass is 9.53. The number of likely N-dealkylation sites (tertiary alicyclic amines) is 1. The van der Waals surface area contributed by atoms with Crippen molar-refractivity contribution in [3.63, 3.8) is 0 Å². The van der Waals surface area contributed by atoms with Gasteiger partial charge in [-0.15, -0.1) is 0 Å². The second-order valence-electron chi connectivity index (χ2n) is 10.1. The Balaban J connectivity index is 1.21. The Morgan fingerprint density at radius 1 is 1.06 bits per heavy atom. The molecule has 1 saturated heterocycles. The van der Waals surface area contributed by atoms with E-state index in [0.29, 0.717) is 36.7 Å². The minimum Gasteiger partial charge on any atom is -0.343 e. The van der Waals surface area contributed by atoms with E-state index >= 15 is 0 Å². The third-order valence-corrected chi connectivity index (χ3v) is 8.58. The van der Waals surface area contributed by atoms with Crippen molar-refractivity contribution in [1.82, 2.24) is 9.47 Å². The highest BCUT2D eigenvalue weighted by Gasteiger charge is 2.68. The van der Waals surface area contributed by atoms with Crippen LogP contribution in [0, 0.1) is 23.2 Å². The van der Waals surface area contributed by atoms with E-state index in [4.69, 9.17) is 0 Å². The molecule has 0 unspecified atom stereocenters. The van der Waals surface area contributed by atoms with Gasteiger partial charge in [0.1, 0.15) is 0 Å². The van der Waals surface area contributed by atoms with Gasteiger partial charge in [-0.2, -0.15) is 0 Å². The lowest BCUT2D eigenvalue weighted by Crippen LogP contribution is -2.53. The van der Waals surface area contributed by atoms with Crippen molar-refractivity contribution in [2.24, 2.45) is 23.2 Å². The third kappa shape index (κ3) is 2.80. The number of carbonyl (C=O) groups is 2. The average Bonchev–Trinajstić information content (AvgIpc) is 3.39. The number of hydrogen-bond donors (Lipinski definition) is 1. The summed E-state index contributed by atoms with van der Waals surface area (Å²) in [5, 5.41) is 4.65. The number of fused-ring (bicyclic) bond motifs is 2. The molecule has 1 N–H and O–H groups in total. The number of nitrogens with one attached hydrogen (secondary N) is 1. The van der Waals surface area contributed by atoms with Gasteiger partial charge in [0.2, 0.25) is 11.8 Å². The van der Waals surface area contributed by atoms with Gasteiger partial charge in [0.25, 0.3) is 5.56 Å². The van der Waals surface area contributed by atoms with E-state index in [0.717, 1.165) is 42.8 Å². The zero-order valence-electron chi connectivity index (χ0n) is 17.8. The molecule has 0 spiro atoms. The Bertz CT molecular complexity index is 1120. The summed E-state index contributed by atoms with van der Waals surface area (Å²) in [5.74, 6) is 2.25. The molecule has 3 saturated carbocycles. The molecule has 3 aliphatic carbocycles. The maximum Gasteiger partial charge on any atom is 0.258 e. The van der Waals surface area contributed by atoms with E-state index in [-0.39, 0.29) is 22.8 Å². The maximum atomic E-state index is 13.3. The van der Waals surface area contributed by atoms with Gasteiger partial charge in [-0.05, 0) is 74.5 Å². The number of pyridine rings is 1. The highest BCUT2D eigenvalue weighted by Crippen LogP contribution is 2.71. The summed E-state index contributed by atoms with van der Waals surface area (Å²) in [6.45, 7) is 2.12. The van der Waals surface area contributed by atoms with Gasteiger partial charge in [0.05, 0.1) is 5.41 Å². The van der Waals surface area contributed by atoms with Crippen molar-refractivity contribution in [2.75, 3.05) is 18.4 Å². The zero-order chi connectivity index (χ0) is 21.2. The lowest BCUT2D eigenvalue weighted by molar-refractivity contribution is -0.141. The van der Waals surface area contributed by atoms with Crippen LogP contribution in [0.1, 0.15) is 44.9 Å². The van der Waals surface area contributed by atoms with Crippen molar-refractivity contribution >= 4 is 28.3 Å². The van der Waals surface area contributed by atoms with E-state index in [9.17, 15) is 14.4 Å². The van der Waals surface area contributed by atoms with E-state index < -0.39 is 0 Å². The van der Waals surface area contributed by atoms with Gasteiger partial charge in [0, 0.05) is 48.7 Å². The number of anilines is 1. The quantitative estimate of drug-likeness (QED) is 0.780. The largest absolute Gasteiger partial charge is 0.343 e. The smallest absolute Gasteiger partial charge is 0.258 e. The second-order valence-corrected chi connectivity index (χ2v) is 10.1. The van der Waals surface area contributed by atoms with E-state index in [1.54, 1.807) is 4.57 Å². The molecular weight excluding hydrogens is 390 g/mol. The monoisotopic (exact) mass is 419 g/mol. The maximum absolute atomic E-state index is 13.3. The number of nitrogens with zero attached hydrogens (tertiary/aromatic N) is 2. The molecule has 4 aliphatic rings. The number of rotatable bonds is 6. The predicted octanol–water partition coefficient (Wildman–Crippen LogP) is 3.39. The number of aromatic nitrogens is 1. The lowest BCUT2D eigenvalue weighted by Gasteiger charge is -2.51. The summed E-state index contributed by atoms with van der Waals surface area (Å²) in [6, 6.07) is 7.55. The highest BCUT2D eigenvalue weighted by molar-refractivity contribution is 6.04. The first kappa shape index (κ1) is 19.1. The summed E-state index contributed by atoms with van der Waals surface area (Å²) in [4.78, 5) is 40.0. The molecule has 6 rings (SSSR count). The third-order valence-electron chi connectivity index (χ3n) is 8.58. The standard InChI is InChI=1S/C25H29N3O3/c29-22-6-2-8-27(22)9-3-10-28-11-7-19-20(23(28)30)4-1-5-21(19)26-24(31)25-15-16-12-17(25)14-18(25)13-16/h1,4-5,7,11,16-18H,2-3,6,8-10,12-15H2,(H,26,31)/t16?,17-,18-,25?/m0/s1. The molecule has 1 aromatic heterocycles. The first-order valence-electron chi connectivity index (χ1n) is 11.8. The number of hydrogen-bond acceptors (Lipinski definition) is 3. The van der Waals surface area contributed by atoms with Gasteiger partial charge in [-0.25, -0.2) is 0 Å². The normalized spacial score (nSPS) is 30.8. The van der Waals surface area contributed by atoms with Crippen LogP contribution in [-0.2, 0) is 16.1 Å². The van der Waals surface area contributed by atoms with E-state index in [1.807, 2.05) is 35.4 Å². The first-order valence-corrected chi connectivity index (χ1v) is 11.8. The van der Waals surface area contributed by atoms with Crippen molar-refractivity contribution in [2.45, 2.75) is 51.5 Å². The van der Waals surface area contributed by atoms with Crippen LogP contribution in [0.2, 0.25) is 0 Å². The number of benzene rings is 1. The molecule has 2 amide bonds. The predicted molar refractivity (Wildman–Crippen MR) is 119 cm³/mol. The molecule has 31 heavy (non-hydrogen) atoms. The minimum absolute atomic E-state index is 0.0378. The van der Waals surface area contributed by atoms with Crippen molar-refractivity contribution in [3.8, 4) is 0 Å². The highest BCUT2D eigenvalue weighted by atomic mass is 16.2. The molecule has 1 aliphatic heterocycles. The van der Waals surface area contributed by atoms with Crippen LogP contribution in [0.25, 0.3) is 10.8 Å². The van der Waals surface area contributed by atoms with Gasteiger partial charge >= 0.3 is 0 Å². The summed E-state index contributed by atoms with van der Waals surface area (Å²) in [7, 11) is 0. The van der Waals surface area contributed by atoms with Crippen LogP contribution in [0.4, 0.5) is 5.69 Å². The molecule has 1 aromatic carbocycles. The second kappa shape index (κ2) is 6.94. The van der Waals surface area contributed by atoms with Crippen molar-refractivity contribution in [3.05, 3.63) is 40.8 Å². The van der Waals surface area contributed by atoms with Gasteiger partial charge in [-0.3, -0.25) is 14.4 Å². The average molecular weight is 420 g/mol. The van der Waals surface area contributed by atoms with Gasteiger partial charge < -0.3 is 14.8 Å². The molecule has 0 radical (unpaired) electrons. The van der Waals surface area contributed by atoms with Crippen LogP contribution < -0.4 is 10.9 Å². The Morgan fingerprint density at radius 3 is 2.61 bits per heavy atom. The van der Waals surface area contributed by atoms with Crippen molar-refractivity contribution < 1.29 is 9.59 Å². The Labute approximate surface area is 181 Å². The molecule has 2 atom stereocenters. The Hall–Kier alpha value is -2.63. The molecule has 4 fully saturated rings. The van der Waals surface area contributed by atoms with Crippen LogP contribution >= 0.6 is 0 Å². The number of amides is 2. The molecule has 2 aromatic rings. The first-order chi connectivity index (χ1) is 15.1. The van der Waals surface area contributed by atoms with E-state index in [2.05, 4.69) is 5.32 Å².